The lowest BCUT2D eigenvalue weighted by atomic mass is 9.92. The Morgan fingerprint density at radius 1 is 1.05 bits per heavy atom. The molecule has 19 heavy (non-hydrogen) atoms. The van der Waals surface area contributed by atoms with Crippen LogP contribution >= 0.6 is 0 Å². The molecular formula is C18H20O. The van der Waals surface area contributed by atoms with Gasteiger partial charge in [-0.05, 0) is 42.9 Å². The molecule has 0 N–H and O–H groups in total. The molecule has 0 saturated heterocycles. The van der Waals surface area contributed by atoms with Crippen LogP contribution in [-0.4, -0.2) is 5.78 Å². The van der Waals surface area contributed by atoms with Gasteiger partial charge in [-0.1, -0.05) is 55.5 Å². The third-order valence-electron chi connectivity index (χ3n) is 3.57. The molecule has 2 aromatic carbocycles. The van der Waals surface area contributed by atoms with Crippen molar-refractivity contribution in [2.75, 3.05) is 0 Å². The lowest BCUT2D eigenvalue weighted by Gasteiger charge is -2.12. The highest BCUT2D eigenvalue weighted by molar-refractivity contribution is 5.94. The van der Waals surface area contributed by atoms with Crippen molar-refractivity contribution >= 4 is 5.78 Å². The summed E-state index contributed by atoms with van der Waals surface area (Å²) < 4.78 is 0. The molecule has 0 aliphatic carbocycles. The minimum atomic E-state index is 0.136. The summed E-state index contributed by atoms with van der Waals surface area (Å²) in [4.78, 5) is 11.4. The fourth-order valence-corrected chi connectivity index (χ4v) is 2.26. The number of rotatable bonds is 5. The van der Waals surface area contributed by atoms with Crippen LogP contribution < -0.4 is 0 Å². The Kier molecular flexibility index (Phi) is 4.51. The maximum Gasteiger partial charge on any atom is 0.159 e. The second kappa shape index (κ2) is 6.33. The Morgan fingerprint density at radius 2 is 1.79 bits per heavy atom. The summed E-state index contributed by atoms with van der Waals surface area (Å²) in [5.41, 5.74) is 3.43. The minimum absolute atomic E-state index is 0.136. The number of hydrogen-bond donors (Lipinski definition) is 0. The molecule has 98 valence electrons. The van der Waals surface area contributed by atoms with Gasteiger partial charge in [-0.25, -0.2) is 0 Å². The molecule has 0 radical (unpaired) electrons. The third-order valence-corrected chi connectivity index (χ3v) is 3.57. The van der Waals surface area contributed by atoms with Gasteiger partial charge in [-0.2, -0.15) is 0 Å². The van der Waals surface area contributed by atoms with Gasteiger partial charge in [-0.15, -0.1) is 0 Å². The van der Waals surface area contributed by atoms with Crippen molar-refractivity contribution in [2.24, 2.45) is 0 Å². The lowest BCUT2D eigenvalue weighted by molar-refractivity contribution is 0.101. The molecule has 0 amide bonds. The van der Waals surface area contributed by atoms with E-state index in [1.807, 2.05) is 24.3 Å². The summed E-state index contributed by atoms with van der Waals surface area (Å²) in [6.07, 6.45) is 2.18. The fraction of sp³-hybridized carbons (Fsp3) is 0.278. The highest BCUT2D eigenvalue weighted by Crippen LogP contribution is 2.22. The van der Waals surface area contributed by atoms with E-state index in [0.717, 1.165) is 18.4 Å². The van der Waals surface area contributed by atoms with E-state index in [-0.39, 0.29) is 5.78 Å². The van der Waals surface area contributed by atoms with E-state index in [1.165, 1.54) is 11.1 Å². The summed E-state index contributed by atoms with van der Waals surface area (Å²) in [6, 6.07) is 18.5. The van der Waals surface area contributed by atoms with Crippen LogP contribution in [-0.2, 0) is 6.42 Å². The molecule has 0 fully saturated rings. The summed E-state index contributed by atoms with van der Waals surface area (Å²) >= 11 is 0. The van der Waals surface area contributed by atoms with Crippen molar-refractivity contribution in [3.63, 3.8) is 0 Å². The summed E-state index contributed by atoms with van der Waals surface area (Å²) in [5, 5.41) is 0. The van der Waals surface area contributed by atoms with Crippen molar-refractivity contribution in [2.45, 2.75) is 32.6 Å². The van der Waals surface area contributed by atoms with Crippen LogP contribution in [0.5, 0.6) is 0 Å². The van der Waals surface area contributed by atoms with Crippen LogP contribution in [0.3, 0.4) is 0 Å². The molecule has 0 aliphatic heterocycles. The SMILES string of the molecule is CC(=O)c1cccc(C(C)CCc2ccccc2)c1. The predicted molar refractivity (Wildman–Crippen MR) is 79.6 cm³/mol. The van der Waals surface area contributed by atoms with Gasteiger partial charge in [-0.3, -0.25) is 4.79 Å². The van der Waals surface area contributed by atoms with E-state index in [1.54, 1.807) is 6.92 Å². The van der Waals surface area contributed by atoms with Crippen LogP contribution in [0.4, 0.5) is 0 Å². The van der Waals surface area contributed by atoms with E-state index in [9.17, 15) is 4.79 Å². The quantitative estimate of drug-likeness (QED) is 0.709. The fourth-order valence-electron chi connectivity index (χ4n) is 2.26. The van der Waals surface area contributed by atoms with Gasteiger partial charge in [0.15, 0.2) is 5.78 Å². The smallest absolute Gasteiger partial charge is 0.159 e. The van der Waals surface area contributed by atoms with Crippen molar-refractivity contribution in [1.82, 2.24) is 0 Å². The van der Waals surface area contributed by atoms with E-state index in [2.05, 4.69) is 37.3 Å². The van der Waals surface area contributed by atoms with Crippen molar-refractivity contribution in [3.05, 3.63) is 71.3 Å². The predicted octanol–water partition coefficient (Wildman–Crippen LogP) is 4.63. The topological polar surface area (TPSA) is 17.1 Å². The van der Waals surface area contributed by atoms with E-state index >= 15 is 0 Å². The van der Waals surface area contributed by atoms with Gasteiger partial charge in [0.1, 0.15) is 0 Å². The summed E-state index contributed by atoms with van der Waals surface area (Å²) in [6.45, 7) is 3.84. The molecule has 0 aromatic heterocycles. The van der Waals surface area contributed by atoms with Crippen LogP contribution in [0.2, 0.25) is 0 Å². The Morgan fingerprint density at radius 3 is 2.47 bits per heavy atom. The van der Waals surface area contributed by atoms with Gasteiger partial charge in [0.25, 0.3) is 0 Å². The molecule has 1 nitrogen and oxygen atoms in total. The second-order valence-corrected chi connectivity index (χ2v) is 5.11. The number of ketones is 1. The first-order chi connectivity index (χ1) is 9.16. The first kappa shape index (κ1) is 13.5. The van der Waals surface area contributed by atoms with Crippen LogP contribution in [0, 0.1) is 0 Å². The maximum absolute atomic E-state index is 11.4. The number of benzene rings is 2. The van der Waals surface area contributed by atoms with Crippen LogP contribution in [0.1, 0.15) is 47.7 Å². The summed E-state index contributed by atoms with van der Waals surface area (Å²) in [7, 11) is 0. The van der Waals surface area contributed by atoms with Crippen molar-refractivity contribution < 1.29 is 4.79 Å². The van der Waals surface area contributed by atoms with Gasteiger partial charge in [0, 0.05) is 5.56 Å². The van der Waals surface area contributed by atoms with Gasteiger partial charge in [0.2, 0.25) is 0 Å². The Labute approximate surface area is 115 Å². The van der Waals surface area contributed by atoms with Gasteiger partial charge in [0.05, 0.1) is 0 Å². The van der Waals surface area contributed by atoms with Crippen molar-refractivity contribution in [1.29, 1.82) is 0 Å². The zero-order valence-electron chi connectivity index (χ0n) is 11.6. The number of carbonyl (C=O) groups excluding carboxylic acids is 1. The van der Waals surface area contributed by atoms with E-state index in [4.69, 9.17) is 0 Å². The average molecular weight is 252 g/mol. The lowest BCUT2D eigenvalue weighted by Crippen LogP contribution is -1.99. The molecule has 0 heterocycles. The second-order valence-electron chi connectivity index (χ2n) is 5.11. The highest BCUT2D eigenvalue weighted by atomic mass is 16.1. The zero-order valence-corrected chi connectivity index (χ0v) is 11.6. The number of hydrogen-bond acceptors (Lipinski definition) is 1. The van der Waals surface area contributed by atoms with Gasteiger partial charge < -0.3 is 0 Å². The number of aryl methyl sites for hydroxylation is 1. The highest BCUT2D eigenvalue weighted by Gasteiger charge is 2.08. The Hall–Kier alpha value is -1.89. The number of carbonyl (C=O) groups is 1. The molecule has 0 aliphatic rings. The monoisotopic (exact) mass is 252 g/mol. The molecule has 0 saturated carbocycles. The third kappa shape index (κ3) is 3.78. The van der Waals surface area contributed by atoms with Crippen LogP contribution in [0.25, 0.3) is 0 Å². The maximum atomic E-state index is 11.4. The Balaban J connectivity index is 2.02. The molecular weight excluding hydrogens is 232 g/mol. The average Bonchev–Trinajstić information content (AvgIpc) is 2.46. The molecule has 1 heteroatoms. The zero-order chi connectivity index (χ0) is 13.7. The van der Waals surface area contributed by atoms with Gasteiger partial charge >= 0.3 is 0 Å². The number of Topliss-reactive ketones (excluding diaryl/α,β-unsaturated/α-hetero) is 1. The van der Waals surface area contributed by atoms with Crippen LogP contribution in [0.15, 0.2) is 54.6 Å². The molecule has 1 atom stereocenters. The van der Waals surface area contributed by atoms with E-state index in [0.29, 0.717) is 5.92 Å². The summed E-state index contributed by atoms with van der Waals surface area (Å²) in [5.74, 6) is 0.608. The first-order valence-corrected chi connectivity index (χ1v) is 6.81. The molecule has 2 rings (SSSR count). The first-order valence-electron chi connectivity index (χ1n) is 6.81. The molecule has 0 spiro atoms. The largest absolute Gasteiger partial charge is 0.295 e. The standard InChI is InChI=1S/C18H20O/c1-14(11-12-16-7-4-3-5-8-16)17-9-6-10-18(13-17)15(2)19/h3-10,13-14H,11-12H2,1-2H3. The van der Waals surface area contributed by atoms with E-state index < -0.39 is 0 Å². The Bertz CT molecular complexity index is 543. The molecule has 1 unspecified atom stereocenters. The molecule has 0 bridgehead atoms. The minimum Gasteiger partial charge on any atom is -0.295 e. The van der Waals surface area contributed by atoms with Crippen molar-refractivity contribution in [3.8, 4) is 0 Å². The normalized spacial score (nSPS) is 12.1. The molecule has 2 aromatic rings.